The van der Waals surface area contributed by atoms with Gasteiger partial charge in [0.2, 0.25) is 0 Å². The number of nitrogens with one attached hydrogen (secondary N) is 2. The molecule has 0 fully saturated rings. The van der Waals surface area contributed by atoms with E-state index in [9.17, 15) is 0 Å². The zero-order chi connectivity index (χ0) is 18.5. The van der Waals surface area contributed by atoms with Gasteiger partial charge in [-0.05, 0) is 53.1 Å². The number of thiocarbonyl (C=S) groups is 1. The Morgan fingerprint density at radius 2 is 2.08 bits per heavy atom. The molecule has 0 bridgehead atoms. The first-order valence-corrected chi connectivity index (χ1v) is 9.60. The summed E-state index contributed by atoms with van der Waals surface area (Å²) < 4.78 is 4.80. The highest BCUT2D eigenvalue weighted by atomic mass is 79.9. The quantitative estimate of drug-likeness (QED) is 0.581. The van der Waals surface area contributed by atoms with E-state index in [1.165, 1.54) is 11.1 Å². The highest BCUT2D eigenvalue weighted by Gasteiger charge is 2.09. The van der Waals surface area contributed by atoms with Crippen LogP contribution in [0.1, 0.15) is 23.7 Å². The summed E-state index contributed by atoms with van der Waals surface area (Å²) in [5, 5.41) is 15.7. The number of benzene rings is 1. The highest BCUT2D eigenvalue weighted by Crippen LogP contribution is 2.16. The fourth-order valence-electron chi connectivity index (χ4n) is 2.64. The van der Waals surface area contributed by atoms with E-state index < -0.39 is 0 Å². The fourth-order valence-corrected chi connectivity index (χ4v) is 3.25. The largest absolute Gasteiger partial charge is 0.357 e. The Labute approximate surface area is 166 Å². The van der Waals surface area contributed by atoms with Crippen molar-refractivity contribution in [2.24, 2.45) is 0 Å². The number of nitrogens with zero attached hydrogens (tertiary/aromatic N) is 4. The van der Waals surface area contributed by atoms with E-state index in [1.54, 1.807) is 6.20 Å². The van der Waals surface area contributed by atoms with Crippen LogP contribution in [-0.4, -0.2) is 24.7 Å². The summed E-state index contributed by atoms with van der Waals surface area (Å²) in [7, 11) is 0. The number of anilines is 1. The van der Waals surface area contributed by atoms with Crippen LogP contribution in [0.25, 0.3) is 0 Å². The lowest BCUT2D eigenvalue weighted by Crippen LogP contribution is -2.29. The minimum atomic E-state index is 0.530. The second-order valence-corrected chi connectivity index (χ2v) is 7.15. The van der Waals surface area contributed by atoms with Gasteiger partial charge in [-0.2, -0.15) is 10.2 Å². The van der Waals surface area contributed by atoms with Crippen LogP contribution in [-0.2, 0) is 19.6 Å². The smallest absolute Gasteiger partial charge is 0.172 e. The summed E-state index contributed by atoms with van der Waals surface area (Å²) >= 11 is 8.89. The second-order valence-electron chi connectivity index (χ2n) is 5.89. The molecular weight excluding hydrogens is 412 g/mol. The van der Waals surface area contributed by atoms with E-state index >= 15 is 0 Å². The summed E-state index contributed by atoms with van der Waals surface area (Å²) in [6.07, 6.45) is 3.74. The standard InChI is InChI=1S/C18H21BrN6S/c1-3-25-16(15(19)10-21-25)11-20-18(26)22-17-8-9-24(23-17)12-14-7-5-4-6-13(14)2/h4-10H,3,11-12H2,1-2H3,(H2,20,22,23,26). The maximum Gasteiger partial charge on any atom is 0.172 e. The van der Waals surface area contributed by atoms with Crippen molar-refractivity contribution in [2.45, 2.75) is 33.5 Å². The van der Waals surface area contributed by atoms with Crippen LogP contribution < -0.4 is 10.6 Å². The molecule has 3 aromatic rings. The van der Waals surface area contributed by atoms with Crippen molar-refractivity contribution >= 4 is 39.1 Å². The third-order valence-corrected chi connectivity index (χ3v) is 5.00. The first-order chi connectivity index (χ1) is 12.6. The van der Waals surface area contributed by atoms with E-state index in [2.05, 4.69) is 62.7 Å². The van der Waals surface area contributed by atoms with Gasteiger partial charge in [-0.15, -0.1) is 0 Å². The Bertz CT molecular complexity index is 901. The monoisotopic (exact) mass is 432 g/mol. The second kappa shape index (κ2) is 8.46. The summed E-state index contributed by atoms with van der Waals surface area (Å²) in [6.45, 7) is 6.30. The molecule has 0 aliphatic rings. The van der Waals surface area contributed by atoms with Crippen LogP contribution >= 0.6 is 28.1 Å². The Kier molecular flexibility index (Phi) is 6.05. The molecule has 0 amide bonds. The molecule has 0 spiro atoms. The van der Waals surface area contributed by atoms with Gasteiger partial charge in [0.25, 0.3) is 0 Å². The van der Waals surface area contributed by atoms with Gasteiger partial charge in [-0.1, -0.05) is 24.3 Å². The number of halogens is 1. The molecule has 3 rings (SSSR count). The summed E-state index contributed by atoms with van der Waals surface area (Å²) in [5.41, 5.74) is 3.56. The predicted octanol–water partition coefficient (Wildman–Crippen LogP) is 3.71. The number of aromatic nitrogens is 4. The molecule has 136 valence electrons. The lowest BCUT2D eigenvalue weighted by Gasteiger charge is -2.10. The topological polar surface area (TPSA) is 59.7 Å². The molecule has 0 unspecified atom stereocenters. The summed E-state index contributed by atoms with van der Waals surface area (Å²) in [4.78, 5) is 0. The maximum absolute atomic E-state index is 5.38. The normalized spacial score (nSPS) is 10.7. The molecule has 0 radical (unpaired) electrons. The summed E-state index contributed by atoms with van der Waals surface area (Å²) in [5.74, 6) is 0.721. The Morgan fingerprint density at radius 1 is 1.27 bits per heavy atom. The lowest BCUT2D eigenvalue weighted by molar-refractivity contribution is 0.613. The number of rotatable bonds is 6. The predicted molar refractivity (Wildman–Crippen MR) is 111 cm³/mol. The molecule has 26 heavy (non-hydrogen) atoms. The van der Waals surface area contributed by atoms with E-state index in [0.29, 0.717) is 11.7 Å². The summed E-state index contributed by atoms with van der Waals surface area (Å²) in [6, 6.07) is 10.2. The molecular formula is C18H21BrN6S. The molecule has 0 saturated carbocycles. The molecule has 2 heterocycles. The van der Waals surface area contributed by atoms with Gasteiger partial charge < -0.3 is 10.6 Å². The van der Waals surface area contributed by atoms with E-state index in [4.69, 9.17) is 12.2 Å². The van der Waals surface area contributed by atoms with Crippen molar-refractivity contribution < 1.29 is 0 Å². The number of aryl methyl sites for hydroxylation is 2. The van der Waals surface area contributed by atoms with Gasteiger partial charge in [-0.25, -0.2) is 0 Å². The molecule has 0 aliphatic carbocycles. The molecule has 0 atom stereocenters. The first-order valence-electron chi connectivity index (χ1n) is 8.39. The van der Waals surface area contributed by atoms with E-state index in [-0.39, 0.29) is 0 Å². The first kappa shape index (κ1) is 18.6. The van der Waals surface area contributed by atoms with Crippen LogP contribution in [0.15, 0.2) is 47.2 Å². The maximum atomic E-state index is 5.38. The highest BCUT2D eigenvalue weighted by molar-refractivity contribution is 9.10. The van der Waals surface area contributed by atoms with Gasteiger partial charge in [0.05, 0.1) is 29.5 Å². The average Bonchev–Trinajstić information content (AvgIpc) is 3.21. The van der Waals surface area contributed by atoms with Gasteiger partial charge in [0, 0.05) is 18.8 Å². The minimum Gasteiger partial charge on any atom is -0.357 e. The zero-order valence-electron chi connectivity index (χ0n) is 14.7. The van der Waals surface area contributed by atoms with Crippen LogP contribution in [0.2, 0.25) is 0 Å². The third-order valence-electron chi connectivity index (χ3n) is 4.09. The van der Waals surface area contributed by atoms with Crippen molar-refractivity contribution in [1.29, 1.82) is 0 Å². The Hall–Kier alpha value is -2.19. The molecule has 2 N–H and O–H groups in total. The van der Waals surface area contributed by atoms with E-state index in [0.717, 1.165) is 29.1 Å². The molecule has 8 heteroatoms. The van der Waals surface area contributed by atoms with Crippen molar-refractivity contribution in [3.05, 3.63) is 64.0 Å². The van der Waals surface area contributed by atoms with Crippen molar-refractivity contribution in [2.75, 3.05) is 5.32 Å². The molecule has 0 saturated heterocycles. The van der Waals surface area contributed by atoms with Gasteiger partial charge in [-0.3, -0.25) is 9.36 Å². The van der Waals surface area contributed by atoms with E-state index in [1.807, 2.05) is 33.8 Å². The van der Waals surface area contributed by atoms with Crippen molar-refractivity contribution in [1.82, 2.24) is 24.9 Å². The van der Waals surface area contributed by atoms with Crippen LogP contribution in [0.5, 0.6) is 0 Å². The zero-order valence-corrected chi connectivity index (χ0v) is 17.1. The molecule has 2 aromatic heterocycles. The Morgan fingerprint density at radius 3 is 2.85 bits per heavy atom. The van der Waals surface area contributed by atoms with Crippen LogP contribution in [0.4, 0.5) is 5.82 Å². The fraction of sp³-hybridized carbons (Fsp3) is 0.278. The molecule has 0 aliphatic heterocycles. The third kappa shape index (κ3) is 4.50. The average molecular weight is 433 g/mol. The van der Waals surface area contributed by atoms with Gasteiger partial charge >= 0.3 is 0 Å². The molecule has 6 nitrogen and oxygen atoms in total. The van der Waals surface area contributed by atoms with Crippen molar-refractivity contribution in [3.63, 3.8) is 0 Å². The van der Waals surface area contributed by atoms with Crippen molar-refractivity contribution in [3.8, 4) is 0 Å². The Balaban J connectivity index is 1.56. The molecule has 1 aromatic carbocycles. The van der Waals surface area contributed by atoms with Gasteiger partial charge in [0.1, 0.15) is 0 Å². The SMILES string of the molecule is CCn1ncc(Br)c1CNC(=S)Nc1ccn(Cc2ccccc2C)n1. The lowest BCUT2D eigenvalue weighted by atomic mass is 10.1. The van der Waals surface area contributed by atoms with Gasteiger partial charge in [0.15, 0.2) is 10.9 Å². The number of hydrogen-bond acceptors (Lipinski definition) is 3. The number of hydrogen-bond donors (Lipinski definition) is 2. The van der Waals surface area contributed by atoms with Crippen LogP contribution in [0.3, 0.4) is 0 Å². The minimum absolute atomic E-state index is 0.530. The van der Waals surface area contributed by atoms with Crippen LogP contribution in [0, 0.1) is 6.92 Å².